The zero-order valence-electron chi connectivity index (χ0n) is 17.2. The van der Waals surface area contributed by atoms with Crippen molar-refractivity contribution in [1.82, 2.24) is 19.7 Å². The molecule has 0 fully saturated rings. The summed E-state index contributed by atoms with van der Waals surface area (Å²) in [5, 5.41) is 4.97. The van der Waals surface area contributed by atoms with Crippen LogP contribution in [0.1, 0.15) is 17.3 Å². The van der Waals surface area contributed by atoms with Gasteiger partial charge < -0.3 is 10.1 Å². The third-order valence-electron chi connectivity index (χ3n) is 4.54. The Bertz CT molecular complexity index is 1400. The van der Waals surface area contributed by atoms with E-state index in [4.69, 9.17) is 4.74 Å². The van der Waals surface area contributed by atoms with Crippen molar-refractivity contribution in [2.75, 3.05) is 19.0 Å². The number of esters is 1. The number of nitrogens with zero attached hydrogens (tertiary/aromatic N) is 3. The van der Waals surface area contributed by atoms with Gasteiger partial charge in [0.1, 0.15) is 0 Å². The fourth-order valence-electron chi connectivity index (χ4n) is 3.01. The minimum Gasteiger partial charge on any atom is -0.462 e. The first-order valence-corrected chi connectivity index (χ1v) is 11.9. The van der Waals surface area contributed by atoms with Crippen LogP contribution in [-0.4, -0.2) is 43.0 Å². The normalized spacial score (nSPS) is 11.4. The molecule has 0 aliphatic heterocycles. The molecule has 0 amide bonds. The number of aromatic nitrogens is 3. The minimum absolute atomic E-state index is 0.172. The molecule has 0 unspecified atom stereocenters. The summed E-state index contributed by atoms with van der Waals surface area (Å²) >= 11 is 1.46. The van der Waals surface area contributed by atoms with Gasteiger partial charge in [-0.25, -0.2) is 27.9 Å². The molecule has 0 saturated carbocycles. The molecule has 11 heteroatoms. The molecule has 0 spiro atoms. The van der Waals surface area contributed by atoms with Crippen LogP contribution in [0.5, 0.6) is 0 Å². The topological polar surface area (TPSA) is 123 Å². The second-order valence-electron chi connectivity index (χ2n) is 6.60. The molecule has 164 valence electrons. The Kier molecular flexibility index (Phi) is 6.12. The predicted octanol–water partition coefficient (Wildman–Crippen LogP) is 3.58. The molecule has 1 aromatic carbocycles. The number of carbonyl (C=O) groups is 1. The first-order valence-electron chi connectivity index (χ1n) is 9.58. The van der Waals surface area contributed by atoms with Crippen LogP contribution in [0.3, 0.4) is 0 Å². The molecule has 0 atom stereocenters. The second-order valence-corrected chi connectivity index (χ2v) is 9.40. The quantitative estimate of drug-likeness (QED) is 0.394. The number of anilines is 2. The van der Waals surface area contributed by atoms with E-state index in [1.165, 1.54) is 30.6 Å². The van der Waals surface area contributed by atoms with E-state index < -0.39 is 16.0 Å². The number of benzene rings is 1. The largest absolute Gasteiger partial charge is 0.462 e. The molecule has 2 N–H and O–H groups in total. The van der Waals surface area contributed by atoms with Crippen molar-refractivity contribution in [3.05, 3.63) is 59.9 Å². The molecule has 0 radical (unpaired) electrons. The van der Waals surface area contributed by atoms with Crippen LogP contribution in [0.2, 0.25) is 0 Å². The standard InChI is InChI=1S/C21H19N5O4S2/c1-3-30-20(27)14-7-15(10-23-9-14)25-21-24-11-18-19(26-21)17(12-31-18)13-5-4-6-16(8-13)32(28,29)22-2/h4-12,22H,3H2,1-2H3,(H,24,25,26). The van der Waals surface area contributed by atoms with Gasteiger partial charge in [-0.15, -0.1) is 11.3 Å². The molecule has 0 bridgehead atoms. The molecule has 3 heterocycles. The Balaban J connectivity index is 1.68. The van der Waals surface area contributed by atoms with Crippen molar-refractivity contribution >= 4 is 49.2 Å². The van der Waals surface area contributed by atoms with E-state index in [9.17, 15) is 13.2 Å². The van der Waals surface area contributed by atoms with E-state index in [0.29, 0.717) is 22.7 Å². The SMILES string of the molecule is CCOC(=O)c1cncc(Nc2ncc3scc(-c4cccc(S(=O)(=O)NC)c4)c3n2)c1. The summed E-state index contributed by atoms with van der Waals surface area (Å²) in [6.45, 7) is 2.01. The van der Waals surface area contributed by atoms with Crippen molar-refractivity contribution in [2.45, 2.75) is 11.8 Å². The monoisotopic (exact) mass is 469 g/mol. The number of sulfonamides is 1. The molecule has 32 heavy (non-hydrogen) atoms. The van der Waals surface area contributed by atoms with Gasteiger partial charge in [0.25, 0.3) is 0 Å². The van der Waals surface area contributed by atoms with E-state index in [-0.39, 0.29) is 11.5 Å². The van der Waals surface area contributed by atoms with Gasteiger partial charge in [-0.05, 0) is 37.7 Å². The minimum atomic E-state index is -3.57. The smallest absolute Gasteiger partial charge is 0.339 e. The number of fused-ring (bicyclic) bond motifs is 1. The van der Waals surface area contributed by atoms with Gasteiger partial charge in [-0.3, -0.25) is 4.98 Å². The van der Waals surface area contributed by atoms with Crippen molar-refractivity contribution < 1.29 is 17.9 Å². The highest BCUT2D eigenvalue weighted by atomic mass is 32.2. The van der Waals surface area contributed by atoms with Crippen molar-refractivity contribution in [3.8, 4) is 11.1 Å². The van der Waals surface area contributed by atoms with Crippen molar-refractivity contribution in [3.63, 3.8) is 0 Å². The number of hydrogen-bond acceptors (Lipinski definition) is 9. The lowest BCUT2D eigenvalue weighted by atomic mass is 10.1. The van der Waals surface area contributed by atoms with Gasteiger partial charge >= 0.3 is 5.97 Å². The number of ether oxygens (including phenoxy) is 1. The molecule has 0 aliphatic rings. The van der Waals surface area contributed by atoms with E-state index in [2.05, 4.69) is 25.0 Å². The molecular weight excluding hydrogens is 450 g/mol. The molecular formula is C21H19N5O4S2. The molecule has 9 nitrogen and oxygen atoms in total. The van der Waals surface area contributed by atoms with Crippen LogP contribution in [0.15, 0.2) is 59.2 Å². The van der Waals surface area contributed by atoms with Crippen LogP contribution in [0.25, 0.3) is 21.3 Å². The Morgan fingerprint density at radius 2 is 2.03 bits per heavy atom. The maximum Gasteiger partial charge on any atom is 0.339 e. The molecule has 4 aromatic rings. The highest BCUT2D eigenvalue weighted by Crippen LogP contribution is 2.34. The maximum absolute atomic E-state index is 12.2. The van der Waals surface area contributed by atoms with E-state index in [1.54, 1.807) is 37.5 Å². The summed E-state index contributed by atoms with van der Waals surface area (Å²) in [5.74, 6) is -0.143. The van der Waals surface area contributed by atoms with Crippen LogP contribution >= 0.6 is 11.3 Å². The van der Waals surface area contributed by atoms with Gasteiger partial charge in [-0.1, -0.05) is 12.1 Å². The van der Waals surface area contributed by atoms with Crippen molar-refractivity contribution in [2.24, 2.45) is 0 Å². The number of nitrogens with one attached hydrogen (secondary N) is 2. The first-order chi connectivity index (χ1) is 15.4. The van der Waals surface area contributed by atoms with Gasteiger partial charge in [0.15, 0.2) is 0 Å². The van der Waals surface area contributed by atoms with Crippen LogP contribution < -0.4 is 10.0 Å². The van der Waals surface area contributed by atoms with E-state index >= 15 is 0 Å². The van der Waals surface area contributed by atoms with Crippen LogP contribution in [0, 0.1) is 0 Å². The summed E-state index contributed by atoms with van der Waals surface area (Å²) in [7, 11) is -2.19. The van der Waals surface area contributed by atoms with Gasteiger partial charge in [0.05, 0.1) is 45.4 Å². The number of carbonyl (C=O) groups excluding carboxylic acids is 1. The van der Waals surface area contributed by atoms with Gasteiger partial charge in [0.2, 0.25) is 16.0 Å². The summed E-state index contributed by atoms with van der Waals surface area (Å²) in [6.07, 6.45) is 4.67. The highest BCUT2D eigenvalue weighted by Gasteiger charge is 2.15. The lowest BCUT2D eigenvalue weighted by Gasteiger charge is -2.08. The van der Waals surface area contributed by atoms with Gasteiger partial charge in [0, 0.05) is 17.1 Å². The fraction of sp³-hybridized carbons (Fsp3) is 0.143. The lowest BCUT2D eigenvalue weighted by molar-refractivity contribution is 0.0526. The number of hydrogen-bond donors (Lipinski definition) is 2. The second kappa shape index (κ2) is 8.99. The number of thiophene rings is 1. The summed E-state index contributed by atoms with van der Waals surface area (Å²) < 4.78 is 32.5. The number of pyridine rings is 1. The Morgan fingerprint density at radius 1 is 1.19 bits per heavy atom. The Hall–Kier alpha value is -3.41. The van der Waals surface area contributed by atoms with Crippen LogP contribution in [0.4, 0.5) is 11.6 Å². The summed E-state index contributed by atoms with van der Waals surface area (Å²) in [6, 6.07) is 8.28. The predicted molar refractivity (Wildman–Crippen MR) is 123 cm³/mol. The zero-order valence-corrected chi connectivity index (χ0v) is 18.8. The third kappa shape index (κ3) is 4.44. The third-order valence-corrected chi connectivity index (χ3v) is 6.86. The van der Waals surface area contributed by atoms with E-state index in [0.717, 1.165) is 15.8 Å². The van der Waals surface area contributed by atoms with Gasteiger partial charge in [-0.2, -0.15) is 0 Å². The Morgan fingerprint density at radius 3 is 2.81 bits per heavy atom. The lowest BCUT2D eigenvalue weighted by Crippen LogP contribution is -2.18. The Labute approximate surface area is 188 Å². The maximum atomic E-state index is 12.2. The first kappa shape index (κ1) is 21.8. The average molecular weight is 470 g/mol. The summed E-state index contributed by atoms with van der Waals surface area (Å²) in [4.78, 5) is 25.1. The number of rotatable bonds is 7. The molecule has 0 aliphatic carbocycles. The molecule has 0 saturated heterocycles. The molecule has 4 rings (SSSR count). The zero-order chi connectivity index (χ0) is 22.7. The fourth-order valence-corrected chi connectivity index (χ4v) is 4.65. The van der Waals surface area contributed by atoms with Crippen molar-refractivity contribution in [1.29, 1.82) is 0 Å². The average Bonchev–Trinajstić information content (AvgIpc) is 3.23. The summed E-state index contributed by atoms with van der Waals surface area (Å²) in [5.41, 5.74) is 3.05. The van der Waals surface area contributed by atoms with Crippen LogP contribution in [-0.2, 0) is 14.8 Å². The van der Waals surface area contributed by atoms with E-state index in [1.807, 2.05) is 11.4 Å². The molecule has 3 aromatic heterocycles. The highest BCUT2D eigenvalue weighted by molar-refractivity contribution is 7.89.